The van der Waals surface area contributed by atoms with Crippen LogP contribution in [0.15, 0.2) is 6.20 Å². The SMILES string of the molecule is Cc1cn(C)nc1C(=O)N1CCC[C@H]1C(=O)O. The molecule has 92 valence electrons. The highest BCUT2D eigenvalue weighted by molar-refractivity contribution is 5.96. The normalized spacial score (nSPS) is 19.6. The molecule has 1 fully saturated rings. The van der Waals surface area contributed by atoms with E-state index < -0.39 is 12.0 Å². The van der Waals surface area contributed by atoms with Crippen LogP contribution in [0.25, 0.3) is 0 Å². The van der Waals surface area contributed by atoms with Crippen molar-refractivity contribution in [1.29, 1.82) is 0 Å². The number of hydrogen-bond acceptors (Lipinski definition) is 3. The van der Waals surface area contributed by atoms with Gasteiger partial charge in [0.15, 0.2) is 5.69 Å². The first-order chi connectivity index (χ1) is 8.00. The molecular weight excluding hydrogens is 222 g/mol. The zero-order valence-corrected chi connectivity index (χ0v) is 9.88. The number of rotatable bonds is 2. The summed E-state index contributed by atoms with van der Waals surface area (Å²) in [4.78, 5) is 24.6. The van der Waals surface area contributed by atoms with Crippen LogP contribution in [0.4, 0.5) is 0 Å². The van der Waals surface area contributed by atoms with Gasteiger partial charge in [-0.25, -0.2) is 4.79 Å². The van der Waals surface area contributed by atoms with E-state index >= 15 is 0 Å². The Hall–Kier alpha value is -1.85. The second kappa shape index (κ2) is 4.20. The van der Waals surface area contributed by atoms with Crippen LogP contribution in [0.5, 0.6) is 0 Å². The molecule has 0 unspecified atom stereocenters. The summed E-state index contributed by atoms with van der Waals surface area (Å²) in [7, 11) is 1.74. The summed E-state index contributed by atoms with van der Waals surface area (Å²) in [6, 6.07) is -0.705. The highest BCUT2D eigenvalue weighted by Crippen LogP contribution is 2.20. The second-order valence-corrected chi connectivity index (χ2v) is 4.33. The number of aromatic nitrogens is 2. The minimum Gasteiger partial charge on any atom is -0.480 e. The number of aliphatic carboxylic acids is 1. The molecule has 1 amide bonds. The van der Waals surface area contributed by atoms with Gasteiger partial charge in [0.1, 0.15) is 6.04 Å². The molecule has 0 aromatic carbocycles. The van der Waals surface area contributed by atoms with Crippen LogP contribution >= 0.6 is 0 Å². The zero-order valence-electron chi connectivity index (χ0n) is 9.88. The van der Waals surface area contributed by atoms with Gasteiger partial charge in [0.2, 0.25) is 0 Å². The van der Waals surface area contributed by atoms with E-state index in [-0.39, 0.29) is 5.91 Å². The molecule has 0 spiro atoms. The van der Waals surface area contributed by atoms with Gasteiger partial charge in [-0.1, -0.05) is 0 Å². The number of hydrogen-bond donors (Lipinski definition) is 1. The van der Waals surface area contributed by atoms with Crippen molar-refractivity contribution in [3.05, 3.63) is 17.5 Å². The van der Waals surface area contributed by atoms with Gasteiger partial charge in [0.05, 0.1) is 0 Å². The average Bonchev–Trinajstić information content (AvgIpc) is 2.83. The van der Waals surface area contributed by atoms with Gasteiger partial charge < -0.3 is 10.0 Å². The average molecular weight is 237 g/mol. The number of carbonyl (C=O) groups is 2. The lowest BCUT2D eigenvalue weighted by molar-refractivity contribution is -0.141. The van der Waals surface area contributed by atoms with Crippen molar-refractivity contribution in [1.82, 2.24) is 14.7 Å². The van der Waals surface area contributed by atoms with Gasteiger partial charge >= 0.3 is 5.97 Å². The molecule has 1 saturated heterocycles. The van der Waals surface area contributed by atoms with E-state index in [0.717, 1.165) is 12.0 Å². The van der Waals surface area contributed by atoms with Crippen LogP contribution in [0.2, 0.25) is 0 Å². The molecule has 0 saturated carbocycles. The lowest BCUT2D eigenvalue weighted by Crippen LogP contribution is -2.40. The van der Waals surface area contributed by atoms with Crippen molar-refractivity contribution >= 4 is 11.9 Å². The number of amides is 1. The molecule has 1 N–H and O–H groups in total. The van der Waals surface area contributed by atoms with Crippen molar-refractivity contribution in [2.45, 2.75) is 25.8 Å². The van der Waals surface area contributed by atoms with Crippen LogP contribution in [0, 0.1) is 6.92 Å². The van der Waals surface area contributed by atoms with Crippen molar-refractivity contribution < 1.29 is 14.7 Å². The molecule has 6 nitrogen and oxygen atoms in total. The van der Waals surface area contributed by atoms with Crippen LogP contribution in [0.1, 0.15) is 28.9 Å². The fourth-order valence-corrected chi connectivity index (χ4v) is 2.22. The monoisotopic (exact) mass is 237 g/mol. The Morgan fingerprint density at radius 1 is 1.53 bits per heavy atom. The van der Waals surface area contributed by atoms with Gasteiger partial charge in [-0.2, -0.15) is 5.10 Å². The first-order valence-corrected chi connectivity index (χ1v) is 5.54. The van der Waals surface area contributed by atoms with Gasteiger partial charge in [-0.3, -0.25) is 9.48 Å². The van der Waals surface area contributed by atoms with E-state index in [0.29, 0.717) is 18.7 Å². The predicted octanol–water partition coefficient (Wildman–Crippen LogP) is 0.418. The standard InChI is InChI=1S/C11H15N3O3/c1-7-6-13(2)12-9(7)10(15)14-5-3-4-8(14)11(16)17/h6,8H,3-5H2,1-2H3,(H,16,17)/t8-/m0/s1. The third-order valence-corrected chi connectivity index (χ3v) is 3.01. The molecule has 0 aliphatic carbocycles. The maximum atomic E-state index is 12.2. The Kier molecular flexibility index (Phi) is 2.87. The molecule has 1 aliphatic rings. The molecule has 1 atom stereocenters. The van der Waals surface area contributed by atoms with Crippen LogP contribution < -0.4 is 0 Å². The number of carboxylic acid groups (broad SMARTS) is 1. The van der Waals surface area contributed by atoms with E-state index in [1.807, 2.05) is 0 Å². The highest BCUT2D eigenvalue weighted by atomic mass is 16.4. The molecule has 0 bridgehead atoms. The predicted molar refractivity (Wildman–Crippen MR) is 59.6 cm³/mol. The third kappa shape index (κ3) is 2.02. The molecular formula is C11H15N3O3. The molecule has 1 aromatic heterocycles. The number of aryl methyl sites for hydroxylation is 2. The lowest BCUT2D eigenvalue weighted by Gasteiger charge is -2.20. The fourth-order valence-electron chi connectivity index (χ4n) is 2.22. The molecule has 2 heterocycles. The molecule has 17 heavy (non-hydrogen) atoms. The lowest BCUT2D eigenvalue weighted by atomic mass is 10.2. The Labute approximate surface area is 98.8 Å². The van der Waals surface area contributed by atoms with Crippen molar-refractivity contribution in [2.24, 2.45) is 7.05 Å². The molecule has 0 radical (unpaired) electrons. The van der Waals surface area contributed by atoms with Crippen LogP contribution in [0.3, 0.4) is 0 Å². The molecule has 1 aliphatic heterocycles. The smallest absolute Gasteiger partial charge is 0.326 e. The Morgan fingerprint density at radius 2 is 2.24 bits per heavy atom. The maximum absolute atomic E-state index is 12.2. The van der Waals surface area contributed by atoms with E-state index in [1.54, 1.807) is 24.9 Å². The summed E-state index contributed by atoms with van der Waals surface area (Å²) in [6.07, 6.45) is 3.00. The minimum atomic E-state index is -0.940. The van der Waals surface area contributed by atoms with E-state index in [2.05, 4.69) is 5.10 Å². The Bertz CT molecular complexity index is 467. The first kappa shape index (κ1) is 11.6. The third-order valence-electron chi connectivity index (χ3n) is 3.01. The van der Waals surface area contributed by atoms with Gasteiger partial charge in [0, 0.05) is 25.4 Å². The quantitative estimate of drug-likeness (QED) is 0.808. The van der Waals surface area contributed by atoms with Crippen LogP contribution in [-0.2, 0) is 11.8 Å². The van der Waals surface area contributed by atoms with E-state index in [1.165, 1.54) is 4.90 Å². The van der Waals surface area contributed by atoms with Crippen molar-refractivity contribution in [3.8, 4) is 0 Å². The zero-order chi connectivity index (χ0) is 12.6. The van der Waals surface area contributed by atoms with Crippen molar-refractivity contribution in [3.63, 3.8) is 0 Å². The summed E-state index contributed by atoms with van der Waals surface area (Å²) < 4.78 is 1.56. The van der Waals surface area contributed by atoms with Crippen LogP contribution in [-0.4, -0.2) is 44.3 Å². The number of likely N-dealkylation sites (tertiary alicyclic amines) is 1. The Balaban J connectivity index is 2.25. The maximum Gasteiger partial charge on any atom is 0.326 e. The fraction of sp³-hybridized carbons (Fsp3) is 0.545. The second-order valence-electron chi connectivity index (χ2n) is 4.33. The number of carboxylic acids is 1. The van der Waals surface area contributed by atoms with Gasteiger partial charge in [-0.15, -0.1) is 0 Å². The minimum absolute atomic E-state index is 0.284. The number of nitrogens with zero attached hydrogens (tertiary/aromatic N) is 3. The van der Waals surface area contributed by atoms with Crippen molar-refractivity contribution in [2.75, 3.05) is 6.54 Å². The summed E-state index contributed by atoms with van der Waals surface area (Å²) in [6.45, 7) is 2.29. The van der Waals surface area contributed by atoms with Gasteiger partial charge in [-0.05, 0) is 19.8 Å². The van der Waals surface area contributed by atoms with E-state index in [9.17, 15) is 9.59 Å². The largest absolute Gasteiger partial charge is 0.480 e. The first-order valence-electron chi connectivity index (χ1n) is 5.54. The number of carbonyl (C=O) groups excluding carboxylic acids is 1. The van der Waals surface area contributed by atoms with E-state index in [4.69, 9.17) is 5.11 Å². The highest BCUT2D eigenvalue weighted by Gasteiger charge is 2.35. The summed E-state index contributed by atoms with van der Waals surface area (Å²) >= 11 is 0. The Morgan fingerprint density at radius 3 is 2.76 bits per heavy atom. The molecule has 2 rings (SSSR count). The summed E-state index contributed by atoms with van der Waals surface area (Å²) in [5.74, 6) is -1.22. The topological polar surface area (TPSA) is 75.4 Å². The summed E-state index contributed by atoms with van der Waals surface area (Å²) in [5, 5.41) is 13.1. The molecule has 6 heteroatoms. The summed E-state index contributed by atoms with van der Waals surface area (Å²) in [5.41, 5.74) is 1.12. The van der Waals surface area contributed by atoms with Gasteiger partial charge in [0.25, 0.3) is 5.91 Å². The molecule has 1 aromatic rings.